The van der Waals surface area contributed by atoms with Gasteiger partial charge in [0.05, 0.1) is 6.10 Å². The van der Waals surface area contributed by atoms with E-state index in [0.29, 0.717) is 18.9 Å². The summed E-state index contributed by atoms with van der Waals surface area (Å²) in [7, 11) is 0. The first kappa shape index (κ1) is 14.8. The van der Waals surface area contributed by atoms with Crippen molar-refractivity contribution in [3.8, 4) is 0 Å². The van der Waals surface area contributed by atoms with E-state index in [1.165, 1.54) is 0 Å². The smallest absolute Gasteiger partial charge is 0.245 e. The third kappa shape index (κ3) is 2.93. The molecule has 0 aliphatic carbocycles. The van der Waals surface area contributed by atoms with Crippen LogP contribution in [0.2, 0.25) is 0 Å². The van der Waals surface area contributed by atoms with E-state index in [1.807, 2.05) is 9.80 Å². The van der Waals surface area contributed by atoms with E-state index >= 15 is 0 Å². The predicted molar refractivity (Wildman–Crippen MR) is 78.7 cm³/mol. The maximum Gasteiger partial charge on any atom is 0.245 e. The summed E-state index contributed by atoms with van der Waals surface area (Å²) in [4.78, 5) is 28.8. The zero-order valence-electron chi connectivity index (χ0n) is 12.9. The van der Waals surface area contributed by atoms with Crippen molar-refractivity contribution in [3.63, 3.8) is 0 Å². The van der Waals surface area contributed by atoms with Crippen molar-refractivity contribution < 1.29 is 14.3 Å². The Kier molecular flexibility index (Phi) is 4.48. The highest BCUT2D eigenvalue weighted by Crippen LogP contribution is 2.27. The van der Waals surface area contributed by atoms with Crippen molar-refractivity contribution in [2.24, 2.45) is 5.92 Å². The Bertz CT molecular complexity index is 412. The molecular formula is C16H26N2O3. The second-order valence-corrected chi connectivity index (χ2v) is 6.50. The quantitative estimate of drug-likeness (QED) is 0.791. The fourth-order valence-corrected chi connectivity index (χ4v) is 4.00. The molecule has 3 heterocycles. The molecule has 3 rings (SSSR count). The van der Waals surface area contributed by atoms with Crippen molar-refractivity contribution in [2.75, 3.05) is 26.2 Å². The molecule has 0 aromatic carbocycles. The monoisotopic (exact) mass is 294 g/mol. The number of nitrogens with zero attached hydrogens (tertiary/aromatic N) is 2. The van der Waals surface area contributed by atoms with Crippen molar-refractivity contribution in [2.45, 2.75) is 57.6 Å². The van der Waals surface area contributed by atoms with Crippen LogP contribution < -0.4 is 0 Å². The van der Waals surface area contributed by atoms with E-state index in [9.17, 15) is 9.59 Å². The highest BCUT2D eigenvalue weighted by atomic mass is 16.5. The summed E-state index contributed by atoms with van der Waals surface area (Å²) in [5, 5.41) is 0. The fraction of sp³-hybridized carbons (Fsp3) is 0.875. The highest BCUT2D eigenvalue weighted by Gasteiger charge is 2.39. The Morgan fingerprint density at radius 2 is 2.05 bits per heavy atom. The average molecular weight is 294 g/mol. The molecule has 0 radical (unpaired) electrons. The van der Waals surface area contributed by atoms with Crippen LogP contribution in [-0.4, -0.2) is 60.0 Å². The van der Waals surface area contributed by atoms with Gasteiger partial charge in [-0.05, 0) is 32.1 Å². The minimum absolute atomic E-state index is 0.158. The minimum atomic E-state index is -0.198. The largest absolute Gasteiger partial charge is 0.378 e. The predicted octanol–water partition coefficient (Wildman–Crippen LogP) is 1.41. The number of carbonyl (C=O) groups excluding carboxylic acids is 2. The molecule has 21 heavy (non-hydrogen) atoms. The molecule has 5 nitrogen and oxygen atoms in total. The van der Waals surface area contributed by atoms with E-state index in [4.69, 9.17) is 4.74 Å². The van der Waals surface area contributed by atoms with Gasteiger partial charge in [-0.3, -0.25) is 9.59 Å². The zero-order valence-corrected chi connectivity index (χ0v) is 12.9. The molecule has 3 aliphatic rings. The lowest BCUT2D eigenvalue weighted by atomic mass is 9.97. The van der Waals surface area contributed by atoms with E-state index in [0.717, 1.165) is 51.8 Å². The van der Waals surface area contributed by atoms with Crippen molar-refractivity contribution >= 4 is 11.8 Å². The Hall–Kier alpha value is -1.10. The van der Waals surface area contributed by atoms with Gasteiger partial charge in [0, 0.05) is 38.6 Å². The van der Waals surface area contributed by atoms with Crippen LogP contribution in [0.1, 0.15) is 45.4 Å². The second-order valence-electron chi connectivity index (χ2n) is 6.50. The lowest BCUT2D eigenvalue weighted by Crippen LogP contribution is -2.50. The molecule has 2 amide bonds. The molecule has 0 aromatic heterocycles. The normalized spacial score (nSPS) is 34.0. The first-order chi connectivity index (χ1) is 10.2. The number of rotatable bonds is 3. The Morgan fingerprint density at radius 1 is 1.19 bits per heavy atom. The molecule has 3 saturated heterocycles. The number of carbonyl (C=O) groups is 2. The third-order valence-electron chi connectivity index (χ3n) is 5.22. The summed E-state index contributed by atoms with van der Waals surface area (Å²) in [5.74, 6) is 0.761. The van der Waals surface area contributed by atoms with Crippen LogP contribution in [0.4, 0.5) is 0 Å². The lowest BCUT2D eigenvalue weighted by molar-refractivity contribution is -0.143. The number of hydrogen-bond donors (Lipinski definition) is 0. The molecule has 3 aliphatic heterocycles. The highest BCUT2D eigenvalue weighted by molar-refractivity contribution is 5.90. The SMILES string of the molecule is CCC1OCCC1CN1CCC(=O)N2CCCCC2C1=O. The summed E-state index contributed by atoms with van der Waals surface area (Å²) in [6.07, 6.45) is 5.71. The second kappa shape index (κ2) is 6.34. The van der Waals surface area contributed by atoms with Crippen LogP contribution in [0.25, 0.3) is 0 Å². The molecule has 0 N–H and O–H groups in total. The van der Waals surface area contributed by atoms with Gasteiger partial charge in [0.25, 0.3) is 0 Å². The van der Waals surface area contributed by atoms with Gasteiger partial charge in [-0.25, -0.2) is 0 Å². The first-order valence-corrected chi connectivity index (χ1v) is 8.40. The summed E-state index contributed by atoms with van der Waals surface area (Å²) in [5.41, 5.74) is 0. The molecule has 3 unspecified atom stereocenters. The summed E-state index contributed by atoms with van der Waals surface area (Å²) in [6.45, 7) is 5.04. The van der Waals surface area contributed by atoms with Gasteiger partial charge in [0.2, 0.25) is 11.8 Å². The molecule has 5 heteroatoms. The molecule has 3 fully saturated rings. The van der Waals surface area contributed by atoms with Gasteiger partial charge in [0.15, 0.2) is 0 Å². The van der Waals surface area contributed by atoms with Gasteiger partial charge >= 0.3 is 0 Å². The third-order valence-corrected chi connectivity index (χ3v) is 5.22. The van der Waals surface area contributed by atoms with Crippen molar-refractivity contribution in [1.82, 2.24) is 9.80 Å². The van der Waals surface area contributed by atoms with E-state index < -0.39 is 0 Å². The zero-order chi connectivity index (χ0) is 14.8. The lowest BCUT2D eigenvalue weighted by Gasteiger charge is -2.35. The molecule has 0 bridgehead atoms. The van der Waals surface area contributed by atoms with Crippen LogP contribution in [-0.2, 0) is 14.3 Å². The maximum atomic E-state index is 12.8. The van der Waals surface area contributed by atoms with E-state index in [1.54, 1.807) is 0 Å². The van der Waals surface area contributed by atoms with Crippen molar-refractivity contribution in [1.29, 1.82) is 0 Å². The number of hydrogen-bond acceptors (Lipinski definition) is 3. The number of piperidine rings is 1. The molecule has 0 saturated carbocycles. The Morgan fingerprint density at radius 3 is 2.86 bits per heavy atom. The van der Waals surface area contributed by atoms with Crippen LogP contribution >= 0.6 is 0 Å². The average Bonchev–Trinajstić information content (AvgIpc) is 2.93. The first-order valence-electron chi connectivity index (χ1n) is 8.40. The van der Waals surface area contributed by atoms with Gasteiger partial charge in [-0.2, -0.15) is 0 Å². The topological polar surface area (TPSA) is 49.9 Å². The number of amides is 2. The molecular weight excluding hydrogens is 268 g/mol. The maximum absolute atomic E-state index is 12.8. The van der Waals surface area contributed by atoms with Crippen LogP contribution in [0.5, 0.6) is 0 Å². The summed E-state index contributed by atoms with van der Waals surface area (Å²) in [6, 6.07) is -0.198. The minimum Gasteiger partial charge on any atom is -0.378 e. The summed E-state index contributed by atoms with van der Waals surface area (Å²) >= 11 is 0. The van der Waals surface area contributed by atoms with Crippen LogP contribution in [0.15, 0.2) is 0 Å². The number of fused-ring (bicyclic) bond motifs is 1. The van der Waals surface area contributed by atoms with Crippen LogP contribution in [0.3, 0.4) is 0 Å². The molecule has 0 spiro atoms. The van der Waals surface area contributed by atoms with Crippen molar-refractivity contribution in [3.05, 3.63) is 0 Å². The van der Waals surface area contributed by atoms with Gasteiger partial charge in [0.1, 0.15) is 6.04 Å². The Labute approximate surface area is 126 Å². The molecule has 118 valence electrons. The van der Waals surface area contributed by atoms with Gasteiger partial charge in [-0.1, -0.05) is 6.92 Å². The van der Waals surface area contributed by atoms with Gasteiger partial charge < -0.3 is 14.5 Å². The molecule has 0 aromatic rings. The van der Waals surface area contributed by atoms with E-state index in [2.05, 4.69) is 6.92 Å². The fourth-order valence-electron chi connectivity index (χ4n) is 4.00. The van der Waals surface area contributed by atoms with Gasteiger partial charge in [-0.15, -0.1) is 0 Å². The van der Waals surface area contributed by atoms with E-state index in [-0.39, 0.29) is 24.0 Å². The standard InChI is InChI=1S/C16H26N2O3/c1-2-14-12(7-10-21-14)11-17-9-6-15(19)18-8-4-3-5-13(18)16(17)20/h12-14H,2-11H2,1H3. The van der Waals surface area contributed by atoms with Crippen LogP contribution in [0, 0.1) is 5.92 Å². The summed E-state index contributed by atoms with van der Waals surface area (Å²) < 4.78 is 5.74. The Balaban J connectivity index is 1.70. The molecule has 3 atom stereocenters. The number of ether oxygens (including phenoxy) is 1.